The molecule has 0 bridgehead atoms. The Morgan fingerprint density at radius 3 is 2.59 bits per heavy atom. The van der Waals surface area contributed by atoms with E-state index < -0.39 is 11.3 Å². The van der Waals surface area contributed by atoms with Crippen molar-refractivity contribution in [3.63, 3.8) is 0 Å². The summed E-state index contributed by atoms with van der Waals surface area (Å²) in [6, 6.07) is 20.2. The first-order valence-electron chi connectivity index (χ1n) is 10.4. The Morgan fingerprint density at radius 2 is 1.88 bits per heavy atom. The lowest BCUT2D eigenvalue weighted by atomic mass is 10.0. The van der Waals surface area contributed by atoms with Crippen LogP contribution >= 0.6 is 23.4 Å². The fourth-order valence-electron chi connectivity index (χ4n) is 3.70. The minimum Gasteiger partial charge on any atom is -0.495 e. The van der Waals surface area contributed by atoms with E-state index in [0.29, 0.717) is 27.4 Å². The lowest BCUT2D eigenvalue weighted by Gasteiger charge is -2.33. The Kier molecular flexibility index (Phi) is 6.12. The first-order valence-corrected chi connectivity index (χ1v) is 11.6. The van der Waals surface area contributed by atoms with Crippen LogP contribution in [-0.4, -0.2) is 33.1 Å². The maximum Gasteiger partial charge on any atom is 0.240 e. The SMILES string of the molecule is COc1ccc([C@H]2Nn3c(nnc3-c3ccccc3)S[C@H]2C(=O)Nc2ccc(F)cc2)cc1Cl. The minimum atomic E-state index is -0.616. The summed E-state index contributed by atoms with van der Waals surface area (Å²) in [5.41, 5.74) is 5.57. The molecule has 1 aromatic heterocycles. The van der Waals surface area contributed by atoms with E-state index in [1.807, 2.05) is 36.4 Å². The van der Waals surface area contributed by atoms with Crippen LogP contribution in [0, 0.1) is 5.82 Å². The van der Waals surface area contributed by atoms with Crippen LogP contribution in [0.5, 0.6) is 5.75 Å². The van der Waals surface area contributed by atoms with Crippen molar-refractivity contribution >= 4 is 35.0 Å². The fourth-order valence-corrected chi connectivity index (χ4v) is 5.05. The minimum absolute atomic E-state index is 0.267. The summed E-state index contributed by atoms with van der Waals surface area (Å²) in [6.07, 6.45) is 0. The second-order valence-electron chi connectivity index (χ2n) is 7.54. The van der Waals surface area contributed by atoms with Gasteiger partial charge in [-0.1, -0.05) is 59.8 Å². The van der Waals surface area contributed by atoms with E-state index in [4.69, 9.17) is 16.3 Å². The lowest BCUT2D eigenvalue weighted by Crippen LogP contribution is -2.41. The average Bonchev–Trinajstić information content (AvgIpc) is 3.28. The molecule has 4 aromatic rings. The van der Waals surface area contributed by atoms with Gasteiger partial charge in [0.25, 0.3) is 0 Å². The fraction of sp³-hybridized carbons (Fsp3) is 0.125. The molecule has 0 unspecified atom stereocenters. The van der Waals surface area contributed by atoms with Gasteiger partial charge in [-0.25, -0.2) is 9.07 Å². The third-order valence-corrected chi connectivity index (χ3v) is 6.88. The largest absolute Gasteiger partial charge is 0.495 e. The Morgan fingerprint density at radius 1 is 1.12 bits per heavy atom. The van der Waals surface area contributed by atoms with Gasteiger partial charge >= 0.3 is 0 Å². The number of hydrogen-bond donors (Lipinski definition) is 2. The van der Waals surface area contributed by atoms with Crippen molar-refractivity contribution < 1.29 is 13.9 Å². The number of nitrogens with one attached hydrogen (secondary N) is 2. The van der Waals surface area contributed by atoms with E-state index in [0.717, 1.165) is 11.1 Å². The number of hydrogen-bond acceptors (Lipinski definition) is 6. The first kappa shape index (κ1) is 22.2. The molecule has 2 heterocycles. The maximum atomic E-state index is 13.3. The van der Waals surface area contributed by atoms with Crippen molar-refractivity contribution in [1.29, 1.82) is 0 Å². The highest BCUT2D eigenvalue weighted by Crippen LogP contribution is 2.40. The number of ether oxygens (including phenoxy) is 1. The molecular weight excluding hydrogens is 477 g/mol. The molecule has 0 spiro atoms. The molecule has 0 saturated carbocycles. The molecule has 3 aromatic carbocycles. The Bertz CT molecular complexity index is 1330. The standard InChI is InChI=1S/C24H19ClFN5O2S/c1-33-19-12-7-15(13-18(19)25)20-21(23(32)27-17-10-8-16(26)9-11-17)34-24-29-28-22(31(24)30-20)14-5-3-2-4-6-14/h2-13,20-21,30H,1H3,(H,27,32)/t20-,21-/m1/s1. The monoisotopic (exact) mass is 495 g/mol. The number of methoxy groups -OCH3 is 1. The zero-order chi connectivity index (χ0) is 23.7. The molecule has 34 heavy (non-hydrogen) atoms. The van der Waals surface area contributed by atoms with Gasteiger partial charge in [-0.05, 0) is 42.0 Å². The van der Waals surface area contributed by atoms with Crippen LogP contribution in [-0.2, 0) is 4.79 Å². The number of benzene rings is 3. The predicted octanol–water partition coefficient (Wildman–Crippen LogP) is 5.14. The van der Waals surface area contributed by atoms with E-state index in [2.05, 4.69) is 20.9 Å². The van der Waals surface area contributed by atoms with Gasteiger partial charge in [-0.2, -0.15) is 0 Å². The summed E-state index contributed by atoms with van der Waals surface area (Å²) < 4.78 is 20.4. The van der Waals surface area contributed by atoms with Gasteiger partial charge in [0.1, 0.15) is 16.8 Å². The molecule has 7 nitrogen and oxygen atoms in total. The first-order chi connectivity index (χ1) is 16.5. The second kappa shape index (κ2) is 9.36. The van der Waals surface area contributed by atoms with Crippen LogP contribution in [0.3, 0.4) is 0 Å². The number of fused-ring (bicyclic) bond motifs is 1. The number of aromatic nitrogens is 3. The predicted molar refractivity (Wildman–Crippen MR) is 130 cm³/mol. The highest BCUT2D eigenvalue weighted by molar-refractivity contribution is 8.00. The van der Waals surface area contributed by atoms with Crippen molar-refractivity contribution in [2.24, 2.45) is 0 Å². The highest BCUT2D eigenvalue weighted by atomic mass is 35.5. The molecule has 10 heteroatoms. The van der Waals surface area contributed by atoms with Crippen molar-refractivity contribution in [1.82, 2.24) is 14.9 Å². The molecule has 0 aliphatic carbocycles. The van der Waals surface area contributed by atoms with E-state index in [-0.39, 0.29) is 11.7 Å². The number of amides is 1. The van der Waals surface area contributed by atoms with Crippen LogP contribution in [0.2, 0.25) is 5.02 Å². The van der Waals surface area contributed by atoms with E-state index >= 15 is 0 Å². The van der Waals surface area contributed by atoms with Crippen LogP contribution in [0.4, 0.5) is 10.1 Å². The van der Waals surface area contributed by atoms with Gasteiger partial charge in [-0.15, -0.1) is 10.2 Å². The summed E-state index contributed by atoms with van der Waals surface area (Å²) in [6.45, 7) is 0. The zero-order valence-electron chi connectivity index (χ0n) is 17.9. The summed E-state index contributed by atoms with van der Waals surface area (Å²) in [5, 5.41) is 11.9. The maximum absolute atomic E-state index is 13.3. The molecule has 1 aliphatic rings. The summed E-state index contributed by atoms with van der Waals surface area (Å²) in [4.78, 5) is 13.3. The quantitative estimate of drug-likeness (QED) is 0.399. The van der Waals surface area contributed by atoms with Crippen LogP contribution in [0.25, 0.3) is 11.4 Å². The van der Waals surface area contributed by atoms with Gasteiger partial charge < -0.3 is 15.5 Å². The number of carbonyl (C=O) groups is 1. The summed E-state index contributed by atoms with van der Waals surface area (Å²) in [5.74, 6) is 0.525. The van der Waals surface area contributed by atoms with Crippen LogP contribution in [0.15, 0.2) is 78.0 Å². The van der Waals surface area contributed by atoms with Gasteiger partial charge in [-0.3, -0.25) is 4.79 Å². The molecule has 2 atom stereocenters. The van der Waals surface area contributed by atoms with Crippen LogP contribution in [0.1, 0.15) is 11.6 Å². The van der Waals surface area contributed by atoms with E-state index in [1.54, 1.807) is 23.9 Å². The zero-order valence-corrected chi connectivity index (χ0v) is 19.5. The molecule has 172 valence electrons. The van der Waals surface area contributed by atoms with E-state index in [1.165, 1.54) is 36.0 Å². The Labute approximate surface area is 204 Å². The molecule has 0 fully saturated rings. The molecule has 0 saturated heterocycles. The average molecular weight is 496 g/mol. The third kappa shape index (κ3) is 4.32. The van der Waals surface area contributed by atoms with E-state index in [9.17, 15) is 9.18 Å². The van der Waals surface area contributed by atoms with Crippen molar-refractivity contribution in [3.05, 3.63) is 89.2 Å². The third-order valence-electron chi connectivity index (χ3n) is 5.37. The van der Waals surface area contributed by atoms with Gasteiger partial charge in [0.2, 0.25) is 11.1 Å². The molecule has 2 N–H and O–H groups in total. The topological polar surface area (TPSA) is 81.1 Å². The summed E-state index contributed by atoms with van der Waals surface area (Å²) >= 11 is 7.69. The molecule has 1 aliphatic heterocycles. The number of thioether (sulfide) groups is 1. The second-order valence-corrected chi connectivity index (χ2v) is 9.06. The number of anilines is 1. The Balaban J connectivity index is 1.52. The number of rotatable bonds is 5. The van der Waals surface area contributed by atoms with Gasteiger partial charge in [0, 0.05) is 11.3 Å². The van der Waals surface area contributed by atoms with Crippen molar-refractivity contribution in [3.8, 4) is 17.1 Å². The molecule has 1 amide bonds. The molecular formula is C24H19ClFN5O2S. The van der Waals surface area contributed by atoms with Crippen molar-refractivity contribution in [2.75, 3.05) is 17.9 Å². The van der Waals surface area contributed by atoms with Gasteiger partial charge in [0.05, 0.1) is 18.2 Å². The number of nitrogens with zero attached hydrogens (tertiary/aromatic N) is 3. The summed E-state index contributed by atoms with van der Waals surface area (Å²) in [7, 11) is 1.55. The number of halogens is 2. The number of carbonyl (C=O) groups excluding carboxylic acids is 1. The van der Waals surface area contributed by atoms with Gasteiger partial charge in [0.15, 0.2) is 5.82 Å². The molecule has 5 rings (SSSR count). The smallest absolute Gasteiger partial charge is 0.240 e. The molecule has 0 radical (unpaired) electrons. The highest BCUT2D eigenvalue weighted by Gasteiger charge is 2.38. The normalized spacial score (nSPS) is 16.9. The van der Waals surface area contributed by atoms with Crippen molar-refractivity contribution in [2.45, 2.75) is 16.4 Å². The van der Waals surface area contributed by atoms with Crippen LogP contribution < -0.4 is 15.5 Å². The lowest BCUT2D eigenvalue weighted by molar-refractivity contribution is -0.116. The Hall–Kier alpha value is -3.56.